The number of nitrogens with zero attached hydrogens (tertiary/aromatic N) is 1. The van der Waals surface area contributed by atoms with E-state index in [2.05, 4.69) is 38.1 Å². The molecule has 1 aliphatic carbocycles. The number of carbonyl (C=O) groups is 1. The van der Waals surface area contributed by atoms with Crippen molar-refractivity contribution in [1.29, 1.82) is 0 Å². The smallest absolute Gasteiger partial charge is 0.254 e. The van der Waals surface area contributed by atoms with Gasteiger partial charge in [-0.05, 0) is 25.5 Å². The molecule has 18 heavy (non-hydrogen) atoms. The van der Waals surface area contributed by atoms with Crippen LogP contribution in [-0.2, 0) is 0 Å². The number of benzene rings is 1. The van der Waals surface area contributed by atoms with Crippen molar-refractivity contribution in [3.8, 4) is 0 Å². The van der Waals surface area contributed by atoms with Crippen LogP contribution < -0.4 is 0 Å². The van der Waals surface area contributed by atoms with Crippen molar-refractivity contribution in [3.05, 3.63) is 59.7 Å². The van der Waals surface area contributed by atoms with E-state index in [1.807, 2.05) is 29.2 Å². The topological polar surface area (TPSA) is 20.3 Å². The van der Waals surface area contributed by atoms with Gasteiger partial charge >= 0.3 is 0 Å². The summed E-state index contributed by atoms with van der Waals surface area (Å²) in [5.41, 5.74) is 2.01. The summed E-state index contributed by atoms with van der Waals surface area (Å²) >= 11 is 0. The van der Waals surface area contributed by atoms with E-state index in [9.17, 15) is 4.79 Å². The molecule has 2 unspecified atom stereocenters. The van der Waals surface area contributed by atoms with Gasteiger partial charge in [0.25, 0.3) is 5.91 Å². The van der Waals surface area contributed by atoms with Crippen LogP contribution in [0.3, 0.4) is 0 Å². The van der Waals surface area contributed by atoms with Gasteiger partial charge < -0.3 is 4.90 Å². The molecule has 0 N–H and O–H groups in total. The summed E-state index contributed by atoms with van der Waals surface area (Å²) in [7, 11) is 0. The summed E-state index contributed by atoms with van der Waals surface area (Å²) in [5, 5.41) is 0. The van der Waals surface area contributed by atoms with Gasteiger partial charge in [-0.1, -0.05) is 42.5 Å². The van der Waals surface area contributed by atoms with E-state index in [4.69, 9.17) is 0 Å². The molecule has 2 atom stereocenters. The predicted molar refractivity (Wildman–Crippen MR) is 72.6 cm³/mol. The Hall–Kier alpha value is -1.83. The number of rotatable bonds is 1. The van der Waals surface area contributed by atoms with Crippen LogP contribution in [0.15, 0.2) is 48.6 Å². The van der Waals surface area contributed by atoms with Crippen LogP contribution >= 0.6 is 0 Å². The summed E-state index contributed by atoms with van der Waals surface area (Å²) in [6, 6.07) is 8.35. The Morgan fingerprint density at radius 1 is 1.11 bits per heavy atom. The lowest BCUT2D eigenvalue weighted by atomic mass is 9.80. The fourth-order valence-corrected chi connectivity index (χ4v) is 2.98. The SMILES string of the molecule is CC(C)N1C(=O)c2ccccc2C2C=CC=CC21. The Labute approximate surface area is 108 Å². The number of carbonyl (C=O) groups excluding carboxylic acids is 1. The Balaban J connectivity index is 2.17. The molecule has 92 valence electrons. The van der Waals surface area contributed by atoms with Gasteiger partial charge in [-0.3, -0.25) is 4.79 Å². The monoisotopic (exact) mass is 239 g/mol. The van der Waals surface area contributed by atoms with Crippen molar-refractivity contribution in [2.45, 2.75) is 31.8 Å². The number of amides is 1. The highest BCUT2D eigenvalue weighted by molar-refractivity contribution is 5.98. The van der Waals surface area contributed by atoms with Gasteiger partial charge in [-0.25, -0.2) is 0 Å². The lowest BCUT2D eigenvalue weighted by Gasteiger charge is -2.43. The van der Waals surface area contributed by atoms with Crippen molar-refractivity contribution < 1.29 is 4.79 Å². The Kier molecular flexibility index (Phi) is 2.58. The minimum absolute atomic E-state index is 0.154. The van der Waals surface area contributed by atoms with Crippen LogP contribution in [0.25, 0.3) is 0 Å². The average Bonchev–Trinajstić information content (AvgIpc) is 2.39. The zero-order valence-electron chi connectivity index (χ0n) is 10.7. The first-order chi connectivity index (χ1) is 8.70. The van der Waals surface area contributed by atoms with Crippen LogP contribution in [0.4, 0.5) is 0 Å². The van der Waals surface area contributed by atoms with E-state index >= 15 is 0 Å². The normalized spacial score (nSPS) is 25.3. The van der Waals surface area contributed by atoms with Crippen LogP contribution in [0.5, 0.6) is 0 Å². The number of hydrogen-bond donors (Lipinski definition) is 0. The molecule has 0 bridgehead atoms. The molecule has 3 rings (SSSR count). The Morgan fingerprint density at radius 3 is 2.61 bits per heavy atom. The van der Waals surface area contributed by atoms with Crippen molar-refractivity contribution >= 4 is 5.91 Å². The second-order valence-electron chi connectivity index (χ2n) is 5.18. The minimum atomic E-state index is 0.154. The van der Waals surface area contributed by atoms with Gasteiger partial charge in [0.2, 0.25) is 0 Å². The summed E-state index contributed by atoms with van der Waals surface area (Å²) < 4.78 is 0. The maximum Gasteiger partial charge on any atom is 0.254 e. The quantitative estimate of drug-likeness (QED) is 0.737. The first kappa shape index (κ1) is 11.3. The minimum Gasteiger partial charge on any atom is -0.329 e. The van der Waals surface area contributed by atoms with Gasteiger partial charge in [0.05, 0.1) is 6.04 Å². The maximum atomic E-state index is 12.6. The fraction of sp³-hybridized carbons (Fsp3) is 0.312. The molecule has 0 saturated carbocycles. The molecular weight excluding hydrogens is 222 g/mol. The zero-order chi connectivity index (χ0) is 12.7. The third-order valence-corrected chi connectivity index (χ3v) is 3.77. The maximum absolute atomic E-state index is 12.6. The zero-order valence-corrected chi connectivity index (χ0v) is 10.7. The lowest BCUT2D eigenvalue weighted by molar-refractivity contribution is 0.0608. The molecule has 1 aromatic carbocycles. The predicted octanol–water partition coefficient (Wildman–Crippen LogP) is 3.13. The van der Waals surface area contributed by atoms with Crippen LogP contribution in [0, 0.1) is 0 Å². The highest BCUT2D eigenvalue weighted by Gasteiger charge is 2.38. The van der Waals surface area contributed by atoms with E-state index in [-0.39, 0.29) is 18.0 Å². The summed E-state index contributed by atoms with van der Waals surface area (Å²) in [5.74, 6) is 0.452. The first-order valence-electron chi connectivity index (χ1n) is 6.46. The molecule has 1 amide bonds. The number of fused-ring (bicyclic) bond motifs is 3. The molecule has 0 aromatic heterocycles. The van der Waals surface area contributed by atoms with Crippen LogP contribution in [0.1, 0.15) is 35.7 Å². The Morgan fingerprint density at radius 2 is 1.83 bits per heavy atom. The molecule has 0 radical (unpaired) electrons. The van der Waals surface area contributed by atoms with Gasteiger partial charge in [0.15, 0.2) is 0 Å². The molecule has 1 heterocycles. The van der Waals surface area contributed by atoms with Crippen molar-refractivity contribution in [1.82, 2.24) is 4.90 Å². The molecule has 0 fully saturated rings. The van der Waals surface area contributed by atoms with Crippen LogP contribution in [0.2, 0.25) is 0 Å². The van der Waals surface area contributed by atoms with Gasteiger partial charge in [0.1, 0.15) is 0 Å². The van der Waals surface area contributed by atoms with Crippen molar-refractivity contribution in [2.75, 3.05) is 0 Å². The molecule has 2 nitrogen and oxygen atoms in total. The van der Waals surface area contributed by atoms with Gasteiger partial charge in [-0.15, -0.1) is 0 Å². The standard InChI is InChI=1S/C16H17NO/c1-11(2)17-15-10-6-5-8-13(15)12-7-3-4-9-14(12)16(17)18/h3-11,13,15H,1-2H3. The molecule has 1 aliphatic heterocycles. The fourth-order valence-electron chi connectivity index (χ4n) is 2.98. The molecule has 2 aliphatic rings. The van der Waals surface area contributed by atoms with E-state index in [1.54, 1.807) is 0 Å². The molecule has 0 spiro atoms. The third-order valence-electron chi connectivity index (χ3n) is 3.77. The van der Waals surface area contributed by atoms with Crippen molar-refractivity contribution in [3.63, 3.8) is 0 Å². The lowest BCUT2D eigenvalue weighted by Crippen LogP contribution is -2.50. The van der Waals surface area contributed by atoms with E-state index < -0.39 is 0 Å². The summed E-state index contributed by atoms with van der Waals surface area (Å²) in [6.45, 7) is 4.16. The summed E-state index contributed by atoms with van der Waals surface area (Å²) in [6.07, 6.45) is 8.45. The molecule has 1 aromatic rings. The Bertz CT molecular complexity index is 542. The number of hydrogen-bond acceptors (Lipinski definition) is 1. The van der Waals surface area contributed by atoms with Crippen LogP contribution in [-0.4, -0.2) is 22.9 Å². The van der Waals surface area contributed by atoms with E-state index in [1.165, 1.54) is 0 Å². The highest BCUT2D eigenvalue weighted by atomic mass is 16.2. The number of allylic oxidation sites excluding steroid dienone is 2. The average molecular weight is 239 g/mol. The second kappa shape index (κ2) is 4.13. The van der Waals surface area contributed by atoms with E-state index in [0.717, 1.165) is 11.1 Å². The second-order valence-corrected chi connectivity index (χ2v) is 5.18. The third kappa shape index (κ3) is 1.52. The van der Waals surface area contributed by atoms with Gasteiger partial charge in [0, 0.05) is 17.5 Å². The molecule has 2 heteroatoms. The largest absolute Gasteiger partial charge is 0.329 e. The summed E-state index contributed by atoms with van der Waals surface area (Å²) in [4.78, 5) is 14.6. The molecule has 0 saturated heterocycles. The first-order valence-corrected chi connectivity index (χ1v) is 6.46. The van der Waals surface area contributed by atoms with Crippen molar-refractivity contribution in [2.24, 2.45) is 0 Å². The van der Waals surface area contributed by atoms with E-state index in [0.29, 0.717) is 5.92 Å². The molecular formula is C16H17NO. The highest BCUT2D eigenvalue weighted by Crippen LogP contribution is 2.37. The van der Waals surface area contributed by atoms with Gasteiger partial charge in [-0.2, -0.15) is 0 Å².